The van der Waals surface area contributed by atoms with Gasteiger partial charge in [0.25, 0.3) is 5.91 Å². The minimum Gasteiger partial charge on any atom is -0.497 e. The number of nitrogens with zero attached hydrogens (tertiary/aromatic N) is 2. The Kier molecular flexibility index (Phi) is 5.43. The number of nitrogens with one attached hydrogen (secondary N) is 2. The van der Waals surface area contributed by atoms with E-state index in [1.807, 2.05) is 30.3 Å². The van der Waals surface area contributed by atoms with Gasteiger partial charge < -0.3 is 15.4 Å². The SMILES string of the molecule is CCc1ccccc1Nc1ncc(C(=O)Nc2cccc(OC)c2)cn1. The maximum absolute atomic E-state index is 12.3. The van der Waals surface area contributed by atoms with Crippen LogP contribution in [-0.2, 0) is 6.42 Å². The van der Waals surface area contributed by atoms with Crippen LogP contribution in [-0.4, -0.2) is 23.0 Å². The van der Waals surface area contributed by atoms with Gasteiger partial charge in [0, 0.05) is 29.8 Å². The molecule has 2 N–H and O–H groups in total. The molecule has 3 rings (SSSR count). The smallest absolute Gasteiger partial charge is 0.258 e. The first-order valence-corrected chi connectivity index (χ1v) is 8.32. The summed E-state index contributed by atoms with van der Waals surface area (Å²) in [7, 11) is 1.58. The van der Waals surface area contributed by atoms with Gasteiger partial charge in [0.2, 0.25) is 5.95 Å². The second kappa shape index (κ2) is 8.11. The summed E-state index contributed by atoms with van der Waals surface area (Å²) in [4.78, 5) is 20.8. The van der Waals surface area contributed by atoms with Crippen molar-refractivity contribution in [2.75, 3.05) is 17.7 Å². The molecule has 6 nitrogen and oxygen atoms in total. The van der Waals surface area contributed by atoms with Gasteiger partial charge in [-0.1, -0.05) is 31.2 Å². The number of aromatic nitrogens is 2. The van der Waals surface area contributed by atoms with Gasteiger partial charge in [-0.15, -0.1) is 0 Å². The lowest BCUT2D eigenvalue weighted by Gasteiger charge is -2.10. The van der Waals surface area contributed by atoms with Crippen molar-refractivity contribution < 1.29 is 9.53 Å². The van der Waals surface area contributed by atoms with Crippen molar-refractivity contribution in [1.29, 1.82) is 0 Å². The lowest BCUT2D eigenvalue weighted by atomic mass is 10.1. The summed E-state index contributed by atoms with van der Waals surface area (Å²) < 4.78 is 5.15. The van der Waals surface area contributed by atoms with Crippen molar-refractivity contribution in [3.63, 3.8) is 0 Å². The van der Waals surface area contributed by atoms with Gasteiger partial charge in [0.05, 0.1) is 12.7 Å². The Balaban J connectivity index is 1.69. The first-order chi connectivity index (χ1) is 12.7. The maximum Gasteiger partial charge on any atom is 0.258 e. The van der Waals surface area contributed by atoms with Gasteiger partial charge >= 0.3 is 0 Å². The zero-order valence-electron chi connectivity index (χ0n) is 14.7. The molecule has 0 aliphatic carbocycles. The monoisotopic (exact) mass is 348 g/mol. The number of para-hydroxylation sites is 1. The van der Waals surface area contributed by atoms with Crippen molar-refractivity contribution in [2.45, 2.75) is 13.3 Å². The standard InChI is InChI=1S/C20H20N4O2/c1-3-14-7-4-5-10-18(14)24-20-21-12-15(13-22-20)19(25)23-16-8-6-9-17(11-16)26-2/h4-13H,3H2,1-2H3,(H,23,25)(H,21,22,24). The fourth-order valence-electron chi connectivity index (χ4n) is 2.48. The summed E-state index contributed by atoms with van der Waals surface area (Å²) in [6, 6.07) is 15.1. The molecule has 1 aromatic heterocycles. The van der Waals surface area contributed by atoms with E-state index in [-0.39, 0.29) is 5.91 Å². The van der Waals surface area contributed by atoms with E-state index >= 15 is 0 Å². The maximum atomic E-state index is 12.3. The molecule has 132 valence electrons. The van der Waals surface area contributed by atoms with Crippen LogP contribution in [0.25, 0.3) is 0 Å². The van der Waals surface area contributed by atoms with Crippen LogP contribution in [0.15, 0.2) is 60.9 Å². The van der Waals surface area contributed by atoms with Gasteiger partial charge in [-0.3, -0.25) is 4.79 Å². The highest BCUT2D eigenvalue weighted by Crippen LogP contribution is 2.20. The van der Waals surface area contributed by atoms with Gasteiger partial charge in [-0.05, 0) is 30.2 Å². The van der Waals surface area contributed by atoms with E-state index in [1.54, 1.807) is 19.2 Å². The number of aryl methyl sites for hydroxylation is 1. The molecule has 1 amide bonds. The molecule has 0 aliphatic rings. The van der Waals surface area contributed by atoms with E-state index in [0.717, 1.165) is 12.1 Å². The molecule has 0 spiro atoms. The molecule has 3 aromatic rings. The second-order valence-corrected chi connectivity index (χ2v) is 5.62. The molecular formula is C20H20N4O2. The minimum atomic E-state index is -0.279. The van der Waals surface area contributed by atoms with Crippen molar-refractivity contribution in [2.24, 2.45) is 0 Å². The van der Waals surface area contributed by atoms with Crippen LogP contribution in [0, 0.1) is 0 Å². The molecule has 6 heteroatoms. The molecule has 0 unspecified atom stereocenters. The molecular weight excluding hydrogens is 328 g/mol. The summed E-state index contributed by atoms with van der Waals surface area (Å²) in [5.41, 5.74) is 3.16. The molecule has 0 radical (unpaired) electrons. The number of amides is 1. The number of hydrogen-bond acceptors (Lipinski definition) is 5. The number of carbonyl (C=O) groups excluding carboxylic acids is 1. The molecule has 0 bridgehead atoms. The summed E-state index contributed by atoms with van der Waals surface area (Å²) in [6.45, 7) is 2.09. The normalized spacial score (nSPS) is 10.2. The predicted molar refractivity (Wildman–Crippen MR) is 102 cm³/mol. The quantitative estimate of drug-likeness (QED) is 0.703. The first-order valence-electron chi connectivity index (χ1n) is 8.32. The topological polar surface area (TPSA) is 76.1 Å². The number of carbonyl (C=O) groups is 1. The average Bonchev–Trinajstić information content (AvgIpc) is 2.69. The van der Waals surface area contributed by atoms with Crippen LogP contribution in [0.4, 0.5) is 17.3 Å². The highest BCUT2D eigenvalue weighted by Gasteiger charge is 2.09. The van der Waals surface area contributed by atoms with Gasteiger partial charge in [-0.25, -0.2) is 9.97 Å². The Morgan fingerprint density at radius 2 is 1.85 bits per heavy atom. The average molecular weight is 348 g/mol. The number of methoxy groups -OCH3 is 1. The lowest BCUT2D eigenvalue weighted by molar-refractivity contribution is 0.102. The lowest BCUT2D eigenvalue weighted by Crippen LogP contribution is -2.13. The Hall–Kier alpha value is -3.41. The van der Waals surface area contributed by atoms with E-state index in [2.05, 4.69) is 33.6 Å². The summed E-state index contributed by atoms with van der Waals surface area (Å²) in [5, 5.41) is 5.98. The van der Waals surface area contributed by atoms with Crippen molar-refractivity contribution in [1.82, 2.24) is 9.97 Å². The van der Waals surface area contributed by atoms with Crippen molar-refractivity contribution in [3.05, 3.63) is 72.1 Å². The Bertz CT molecular complexity index is 894. The van der Waals surface area contributed by atoms with Crippen LogP contribution in [0.5, 0.6) is 5.75 Å². The third kappa shape index (κ3) is 4.16. The van der Waals surface area contributed by atoms with E-state index < -0.39 is 0 Å². The summed E-state index contributed by atoms with van der Waals surface area (Å²) >= 11 is 0. The molecule has 2 aromatic carbocycles. The predicted octanol–water partition coefficient (Wildman–Crippen LogP) is 4.04. The van der Waals surface area contributed by atoms with Crippen molar-refractivity contribution in [3.8, 4) is 5.75 Å². The van der Waals surface area contributed by atoms with Crippen LogP contribution in [0.1, 0.15) is 22.8 Å². The largest absolute Gasteiger partial charge is 0.497 e. The zero-order chi connectivity index (χ0) is 18.4. The van der Waals surface area contributed by atoms with Crippen LogP contribution < -0.4 is 15.4 Å². The van der Waals surface area contributed by atoms with E-state index in [0.29, 0.717) is 22.9 Å². The Morgan fingerprint density at radius 3 is 2.58 bits per heavy atom. The molecule has 0 saturated heterocycles. The van der Waals surface area contributed by atoms with Gasteiger partial charge in [0.1, 0.15) is 5.75 Å². The van der Waals surface area contributed by atoms with Gasteiger partial charge in [-0.2, -0.15) is 0 Å². The molecule has 26 heavy (non-hydrogen) atoms. The molecule has 0 aliphatic heterocycles. The Labute approximate surface area is 152 Å². The fourth-order valence-corrected chi connectivity index (χ4v) is 2.48. The van der Waals surface area contributed by atoms with E-state index in [4.69, 9.17) is 4.74 Å². The zero-order valence-corrected chi connectivity index (χ0v) is 14.7. The number of hydrogen-bond donors (Lipinski definition) is 2. The third-order valence-corrected chi connectivity index (χ3v) is 3.89. The van der Waals surface area contributed by atoms with Crippen molar-refractivity contribution >= 4 is 23.2 Å². The van der Waals surface area contributed by atoms with Crippen LogP contribution in [0.3, 0.4) is 0 Å². The van der Waals surface area contributed by atoms with Gasteiger partial charge in [0.15, 0.2) is 0 Å². The molecule has 0 atom stereocenters. The minimum absolute atomic E-state index is 0.279. The molecule has 1 heterocycles. The highest BCUT2D eigenvalue weighted by atomic mass is 16.5. The van der Waals surface area contributed by atoms with Crippen LogP contribution in [0.2, 0.25) is 0 Å². The summed E-state index contributed by atoms with van der Waals surface area (Å²) in [6.07, 6.45) is 3.91. The second-order valence-electron chi connectivity index (χ2n) is 5.62. The van der Waals surface area contributed by atoms with E-state index in [1.165, 1.54) is 18.0 Å². The number of ether oxygens (including phenoxy) is 1. The Morgan fingerprint density at radius 1 is 1.08 bits per heavy atom. The number of benzene rings is 2. The first kappa shape index (κ1) is 17.4. The summed E-state index contributed by atoms with van der Waals surface area (Å²) in [5.74, 6) is 0.843. The van der Waals surface area contributed by atoms with Crippen LogP contribution >= 0.6 is 0 Å². The molecule has 0 fully saturated rings. The number of anilines is 3. The fraction of sp³-hybridized carbons (Fsp3) is 0.150. The molecule has 0 saturated carbocycles. The number of rotatable bonds is 6. The van der Waals surface area contributed by atoms with E-state index in [9.17, 15) is 4.79 Å². The highest BCUT2D eigenvalue weighted by molar-refractivity contribution is 6.04. The third-order valence-electron chi connectivity index (χ3n) is 3.89.